The lowest BCUT2D eigenvalue weighted by Crippen LogP contribution is -2.26. The number of amides is 1. The van der Waals surface area contributed by atoms with Gasteiger partial charge < -0.3 is 4.90 Å². The number of carbonyl (C=O) groups is 1. The van der Waals surface area contributed by atoms with Gasteiger partial charge in [0.1, 0.15) is 18.9 Å². The van der Waals surface area contributed by atoms with Crippen LogP contribution in [0.3, 0.4) is 0 Å². The molecule has 76 valence electrons. The van der Waals surface area contributed by atoms with Crippen LogP contribution in [-0.4, -0.2) is 39.6 Å². The monoisotopic (exact) mass is 198 g/mol. The van der Waals surface area contributed by atoms with Crippen molar-refractivity contribution in [2.75, 3.05) is 14.1 Å². The second-order valence-corrected chi connectivity index (χ2v) is 2.94. The van der Waals surface area contributed by atoms with Crippen LogP contribution in [0, 0.1) is 10.1 Å². The van der Waals surface area contributed by atoms with Crippen molar-refractivity contribution in [3.8, 4) is 0 Å². The lowest BCUT2D eigenvalue weighted by Gasteiger charge is -2.08. The lowest BCUT2D eigenvalue weighted by atomic mass is 10.5. The molecule has 0 bridgehead atoms. The number of hydrogen-bond acceptors (Lipinski definition) is 4. The Morgan fingerprint density at radius 1 is 1.71 bits per heavy atom. The van der Waals surface area contributed by atoms with E-state index in [-0.39, 0.29) is 18.1 Å². The zero-order valence-electron chi connectivity index (χ0n) is 7.88. The largest absolute Gasteiger partial charge is 0.347 e. The van der Waals surface area contributed by atoms with Gasteiger partial charge in [-0.15, -0.1) is 0 Å². The minimum Gasteiger partial charge on any atom is -0.347 e. The van der Waals surface area contributed by atoms with E-state index in [9.17, 15) is 14.9 Å². The number of nitro groups is 1. The van der Waals surface area contributed by atoms with E-state index in [1.165, 1.54) is 15.8 Å². The maximum atomic E-state index is 11.2. The van der Waals surface area contributed by atoms with Crippen LogP contribution >= 0.6 is 0 Å². The van der Waals surface area contributed by atoms with Crippen molar-refractivity contribution in [2.45, 2.75) is 6.54 Å². The predicted molar refractivity (Wildman–Crippen MR) is 47.6 cm³/mol. The summed E-state index contributed by atoms with van der Waals surface area (Å²) in [4.78, 5) is 22.3. The molecule has 0 N–H and O–H groups in total. The molecular formula is C7H10N4O3. The quantitative estimate of drug-likeness (QED) is 0.500. The van der Waals surface area contributed by atoms with Gasteiger partial charge in [-0.2, -0.15) is 5.10 Å². The molecule has 0 spiro atoms. The van der Waals surface area contributed by atoms with Gasteiger partial charge in [0.2, 0.25) is 5.91 Å². The average Bonchev–Trinajstić information content (AvgIpc) is 2.52. The molecule has 0 aliphatic heterocycles. The van der Waals surface area contributed by atoms with E-state index in [1.807, 2.05) is 0 Å². The molecule has 0 aliphatic carbocycles. The maximum Gasteiger partial charge on any atom is 0.307 e. The fraction of sp³-hybridized carbons (Fsp3) is 0.429. The molecule has 1 rings (SSSR count). The molecule has 7 heteroatoms. The Morgan fingerprint density at radius 2 is 2.36 bits per heavy atom. The highest BCUT2D eigenvalue weighted by Gasteiger charge is 2.11. The second-order valence-electron chi connectivity index (χ2n) is 2.94. The Balaban J connectivity index is 2.69. The molecule has 0 saturated heterocycles. The molecule has 0 radical (unpaired) electrons. The van der Waals surface area contributed by atoms with Gasteiger partial charge in [0.05, 0.1) is 4.92 Å². The molecular weight excluding hydrogens is 188 g/mol. The van der Waals surface area contributed by atoms with Gasteiger partial charge in [0, 0.05) is 14.1 Å². The number of rotatable bonds is 3. The zero-order chi connectivity index (χ0) is 10.7. The Kier molecular flexibility index (Phi) is 2.80. The maximum absolute atomic E-state index is 11.2. The highest BCUT2D eigenvalue weighted by Crippen LogP contribution is 2.07. The average molecular weight is 198 g/mol. The van der Waals surface area contributed by atoms with Crippen LogP contribution < -0.4 is 0 Å². The first-order valence-electron chi connectivity index (χ1n) is 3.87. The number of aromatic nitrogens is 2. The summed E-state index contributed by atoms with van der Waals surface area (Å²) < 4.78 is 1.24. The minimum absolute atomic E-state index is 0.0147. The van der Waals surface area contributed by atoms with E-state index in [4.69, 9.17) is 0 Å². The predicted octanol–water partition coefficient (Wildman–Crippen LogP) is -0.121. The zero-order valence-corrected chi connectivity index (χ0v) is 7.88. The van der Waals surface area contributed by atoms with E-state index in [1.54, 1.807) is 14.1 Å². The number of likely N-dealkylation sites (N-methyl/N-ethyl adjacent to an activating group) is 1. The van der Waals surface area contributed by atoms with Crippen LogP contribution in [0.5, 0.6) is 0 Å². The van der Waals surface area contributed by atoms with E-state index in [0.717, 1.165) is 6.20 Å². The van der Waals surface area contributed by atoms with Crippen molar-refractivity contribution in [1.29, 1.82) is 0 Å². The van der Waals surface area contributed by atoms with Gasteiger partial charge >= 0.3 is 5.69 Å². The van der Waals surface area contributed by atoms with Gasteiger partial charge in [-0.3, -0.25) is 19.6 Å². The van der Waals surface area contributed by atoms with E-state index < -0.39 is 4.92 Å². The standard InChI is InChI=1S/C7H10N4O3/c1-9(2)7(12)5-10-4-6(3-8-10)11(13)14/h3-4H,5H2,1-2H3. The third-order valence-electron chi connectivity index (χ3n) is 1.63. The molecule has 14 heavy (non-hydrogen) atoms. The SMILES string of the molecule is CN(C)C(=O)Cn1cc([N+](=O)[O-])cn1. The van der Waals surface area contributed by atoms with Gasteiger partial charge in [-0.25, -0.2) is 0 Å². The number of carbonyl (C=O) groups excluding carboxylic acids is 1. The fourth-order valence-electron chi connectivity index (χ4n) is 0.813. The Hall–Kier alpha value is -1.92. The summed E-state index contributed by atoms with van der Waals surface area (Å²) in [6.45, 7) is 0.0147. The Bertz CT molecular complexity index is 358. The van der Waals surface area contributed by atoms with Crippen molar-refractivity contribution < 1.29 is 9.72 Å². The van der Waals surface area contributed by atoms with Crippen LogP contribution in [0.4, 0.5) is 5.69 Å². The minimum atomic E-state index is -0.552. The van der Waals surface area contributed by atoms with E-state index in [0.29, 0.717) is 0 Å². The molecule has 0 saturated carbocycles. The summed E-state index contributed by atoms with van der Waals surface area (Å²) in [5, 5.41) is 14.0. The molecule has 1 aromatic rings. The third-order valence-corrected chi connectivity index (χ3v) is 1.63. The molecule has 1 heterocycles. The van der Waals surface area contributed by atoms with Crippen LogP contribution in [0.25, 0.3) is 0 Å². The summed E-state index contributed by atoms with van der Waals surface area (Å²) in [5.74, 6) is -0.164. The highest BCUT2D eigenvalue weighted by atomic mass is 16.6. The molecule has 1 aromatic heterocycles. The van der Waals surface area contributed by atoms with Crippen LogP contribution in [0.1, 0.15) is 0 Å². The van der Waals surface area contributed by atoms with Crippen LogP contribution in [-0.2, 0) is 11.3 Å². The summed E-state index contributed by atoms with van der Waals surface area (Å²) in [6.07, 6.45) is 2.34. The molecule has 0 fully saturated rings. The smallest absolute Gasteiger partial charge is 0.307 e. The van der Waals surface area contributed by atoms with Gasteiger partial charge in [0.15, 0.2) is 0 Å². The first-order chi connectivity index (χ1) is 6.50. The molecule has 0 aromatic carbocycles. The third kappa shape index (κ3) is 2.28. The van der Waals surface area contributed by atoms with Gasteiger partial charge in [0.25, 0.3) is 0 Å². The summed E-state index contributed by atoms with van der Waals surface area (Å²) in [7, 11) is 3.22. The van der Waals surface area contributed by atoms with Crippen molar-refractivity contribution in [1.82, 2.24) is 14.7 Å². The molecule has 0 unspecified atom stereocenters. The van der Waals surface area contributed by atoms with Crippen LogP contribution in [0.15, 0.2) is 12.4 Å². The summed E-state index contributed by atoms with van der Waals surface area (Å²) in [6, 6.07) is 0. The first-order valence-corrected chi connectivity index (χ1v) is 3.87. The van der Waals surface area contributed by atoms with E-state index >= 15 is 0 Å². The Morgan fingerprint density at radius 3 is 2.79 bits per heavy atom. The summed E-state index contributed by atoms with van der Waals surface area (Å²) >= 11 is 0. The number of hydrogen-bond donors (Lipinski definition) is 0. The molecule has 0 aliphatic rings. The Labute approximate surface area is 80.1 Å². The highest BCUT2D eigenvalue weighted by molar-refractivity contribution is 5.75. The summed E-state index contributed by atoms with van der Waals surface area (Å²) in [5.41, 5.74) is -0.114. The van der Waals surface area contributed by atoms with E-state index in [2.05, 4.69) is 5.10 Å². The van der Waals surface area contributed by atoms with Crippen LogP contribution in [0.2, 0.25) is 0 Å². The first kappa shape index (κ1) is 10.2. The second kappa shape index (κ2) is 3.86. The molecule has 1 amide bonds. The topological polar surface area (TPSA) is 81.3 Å². The normalized spacial score (nSPS) is 9.86. The van der Waals surface area contributed by atoms with Gasteiger partial charge in [-0.1, -0.05) is 0 Å². The van der Waals surface area contributed by atoms with Crippen molar-refractivity contribution in [3.05, 3.63) is 22.5 Å². The van der Waals surface area contributed by atoms with Gasteiger partial charge in [-0.05, 0) is 0 Å². The van der Waals surface area contributed by atoms with Crippen molar-refractivity contribution in [3.63, 3.8) is 0 Å². The lowest BCUT2D eigenvalue weighted by molar-refractivity contribution is -0.385. The van der Waals surface area contributed by atoms with Crippen molar-refractivity contribution >= 4 is 11.6 Å². The van der Waals surface area contributed by atoms with Crippen molar-refractivity contribution in [2.24, 2.45) is 0 Å². The molecule has 0 atom stereocenters. The number of nitrogens with zero attached hydrogens (tertiary/aromatic N) is 4. The fourth-order valence-corrected chi connectivity index (χ4v) is 0.813. The molecule has 7 nitrogen and oxygen atoms in total.